The molecule has 1 rings (SSSR count). The maximum Gasteiger partial charge on any atom is 0.283 e. The molecule has 1 aromatic rings. The van der Waals surface area contributed by atoms with E-state index in [9.17, 15) is 0 Å². The summed E-state index contributed by atoms with van der Waals surface area (Å²) in [5.74, 6) is 0.810. The van der Waals surface area contributed by atoms with Gasteiger partial charge in [-0.25, -0.2) is 0 Å². The molecule has 6 heteroatoms. The zero-order valence-corrected chi connectivity index (χ0v) is 11.7. The van der Waals surface area contributed by atoms with Crippen molar-refractivity contribution in [3.63, 3.8) is 0 Å². The molecule has 0 saturated heterocycles. The third kappa shape index (κ3) is 3.76. The fourth-order valence-electron chi connectivity index (χ4n) is 1.49. The van der Waals surface area contributed by atoms with Crippen LogP contribution in [0.1, 0.15) is 52.6 Å². The molecule has 0 aliphatic rings. The average Bonchev–Trinajstić information content (AvgIpc) is 2.78. The van der Waals surface area contributed by atoms with Gasteiger partial charge in [-0.2, -0.15) is 4.98 Å². The molecule has 0 fully saturated rings. The molecule has 0 amide bonds. The largest absolute Gasteiger partial charge is 0.368 e. The lowest BCUT2D eigenvalue weighted by atomic mass is 10.1. The van der Waals surface area contributed by atoms with Gasteiger partial charge in [0.05, 0.1) is 0 Å². The van der Waals surface area contributed by atoms with Gasteiger partial charge in [-0.05, 0) is 34.6 Å². The van der Waals surface area contributed by atoms with Crippen LogP contribution in [-0.2, 0) is 19.8 Å². The predicted molar refractivity (Wildman–Crippen MR) is 64.9 cm³/mol. The Morgan fingerprint density at radius 2 is 1.72 bits per heavy atom. The van der Waals surface area contributed by atoms with E-state index in [4.69, 9.17) is 18.7 Å². The fourth-order valence-corrected chi connectivity index (χ4v) is 1.49. The summed E-state index contributed by atoms with van der Waals surface area (Å²) in [4.78, 5) is 4.29. The fraction of sp³-hybridized carbons (Fsp3) is 0.833. The number of hydrogen-bond acceptors (Lipinski definition) is 6. The maximum atomic E-state index is 5.56. The van der Waals surface area contributed by atoms with Crippen molar-refractivity contribution in [1.82, 2.24) is 10.1 Å². The highest BCUT2D eigenvalue weighted by Gasteiger charge is 2.29. The molecule has 0 unspecified atom stereocenters. The van der Waals surface area contributed by atoms with E-state index in [2.05, 4.69) is 10.1 Å². The van der Waals surface area contributed by atoms with Gasteiger partial charge in [0.1, 0.15) is 5.60 Å². The molecule has 0 aliphatic carbocycles. The van der Waals surface area contributed by atoms with Crippen LogP contribution in [-0.4, -0.2) is 30.0 Å². The minimum Gasteiger partial charge on any atom is -0.368 e. The first-order valence-electron chi connectivity index (χ1n) is 6.26. The molecule has 104 valence electrons. The van der Waals surface area contributed by atoms with Gasteiger partial charge < -0.3 is 18.7 Å². The summed E-state index contributed by atoms with van der Waals surface area (Å²) in [6, 6.07) is 0. The Kier molecular flexibility index (Phi) is 5.71. The van der Waals surface area contributed by atoms with Gasteiger partial charge in [0.2, 0.25) is 12.1 Å². The highest BCUT2D eigenvalue weighted by atomic mass is 16.7. The third-order valence-electron chi connectivity index (χ3n) is 2.32. The SMILES string of the molecule is CCOC(OCC)c1nc(C(C)(C)OCC)no1. The van der Waals surface area contributed by atoms with Crippen molar-refractivity contribution in [3.05, 3.63) is 11.7 Å². The Labute approximate surface area is 108 Å². The minimum atomic E-state index is -0.612. The van der Waals surface area contributed by atoms with Gasteiger partial charge in [0.15, 0.2) is 0 Å². The molecule has 0 radical (unpaired) electrons. The monoisotopic (exact) mass is 258 g/mol. The van der Waals surface area contributed by atoms with Crippen molar-refractivity contribution < 1.29 is 18.7 Å². The molecule has 1 aromatic heterocycles. The van der Waals surface area contributed by atoms with Crippen molar-refractivity contribution in [3.8, 4) is 0 Å². The highest BCUT2D eigenvalue weighted by molar-refractivity contribution is 4.98. The first-order valence-corrected chi connectivity index (χ1v) is 6.26. The Morgan fingerprint density at radius 1 is 1.11 bits per heavy atom. The summed E-state index contributed by atoms with van der Waals surface area (Å²) in [6.07, 6.45) is -0.612. The number of nitrogens with zero attached hydrogens (tertiary/aromatic N) is 2. The van der Waals surface area contributed by atoms with E-state index in [1.165, 1.54) is 0 Å². The second kappa shape index (κ2) is 6.82. The predicted octanol–water partition coefficient (Wildman–Crippen LogP) is 2.41. The quantitative estimate of drug-likeness (QED) is 0.667. The van der Waals surface area contributed by atoms with Gasteiger partial charge in [-0.3, -0.25) is 0 Å². The topological polar surface area (TPSA) is 66.6 Å². The normalized spacial score (nSPS) is 12.3. The maximum absolute atomic E-state index is 5.56. The lowest BCUT2D eigenvalue weighted by Crippen LogP contribution is -2.23. The summed E-state index contributed by atoms with van der Waals surface area (Å²) >= 11 is 0. The second-order valence-electron chi connectivity index (χ2n) is 4.14. The van der Waals surface area contributed by atoms with E-state index in [0.717, 1.165) is 0 Å². The van der Waals surface area contributed by atoms with E-state index in [1.807, 2.05) is 34.6 Å². The Bertz CT molecular complexity index is 346. The lowest BCUT2D eigenvalue weighted by Gasteiger charge is -2.19. The standard InChI is InChI=1S/C12H22N2O4/c1-6-15-10(16-7-2)9-13-11(14-18-9)12(4,5)17-8-3/h10H,6-8H2,1-5H3. The molecular formula is C12H22N2O4. The van der Waals surface area contributed by atoms with E-state index in [-0.39, 0.29) is 0 Å². The molecule has 6 nitrogen and oxygen atoms in total. The Hall–Kier alpha value is -0.980. The number of hydrogen-bond donors (Lipinski definition) is 0. The van der Waals surface area contributed by atoms with Crippen molar-refractivity contribution >= 4 is 0 Å². The zero-order chi connectivity index (χ0) is 13.6. The van der Waals surface area contributed by atoms with Crippen LogP contribution < -0.4 is 0 Å². The molecule has 0 bridgehead atoms. The van der Waals surface area contributed by atoms with Crippen LogP contribution >= 0.6 is 0 Å². The van der Waals surface area contributed by atoms with Gasteiger partial charge >= 0.3 is 0 Å². The van der Waals surface area contributed by atoms with Crippen LogP contribution in [0, 0.1) is 0 Å². The molecule has 0 N–H and O–H groups in total. The molecule has 0 aliphatic heterocycles. The summed E-state index contributed by atoms with van der Waals surface area (Å²) in [5, 5.41) is 3.92. The molecule has 18 heavy (non-hydrogen) atoms. The summed E-state index contributed by atoms with van der Waals surface area (Å²) in [6.45, 7) is 11.1. The van der Waals surface area contributed by atoms with Crippen LogP contribution in [0.2, 0.25) is 0 Å². The second-order valence-corrected chi connectivity index (χ2v) is 4.14. The molecule has 0 spiro atoms. The van der Waals surface area contributed by atoms with Crippen LogP contribution in [0.15, 0.2) is 4.52 Å². The molecule has 0 atom stereocenters. The van der Waals surface area contributed by atoms with Gasteiger partial charge in [-0.15, -0.1) is 0 Å². The van der Waals surface area contributed by atoms with Gasteiger partial charge in [0.25, 0.3) is 5.89 Å². The summed E-state index contributed by atoms with van der Waals surface area (Å²) in [5.41, 5.74) is -0.584. The van der Waals surface area contributed by atoms with Crippen LogP contribution in [0.4, 0.5) is 0 Å². The van der Waals surface area contributed by atoms with Crippen LogP contribution in [0.25, 0.3) is 0 Å². The minimum absolute atomic E-state index is 0.321. The highest BCUT2D eigenvalue weighted by Crippen LogP contribution is 2.24. The first kappa shape index (κ1) is 15.1. The van der Waals surface area contributed by atoms with Crippen LogP contribution in [0.3, 0.4) is 0 Å². The summed E-state index contributed by atoms with van der Waals surface area (Å²) < 4.78 is 21.5. The van der Waals surface area contributed by atoms with E-state index < -0.39 is 11.9 Å². The van der Waals surface area contributed by atoms with Crippen LogP contribution in [0.5, 0.6) is 0 Å². The van der Waals surface area contributed by atoms with Crippen molar-refractivity contribution in [2.75, 3.05) is 19.8 Å². The van der Waals surface area contributed by atoms with E-state index >= 15 is 0 Å². The van der Waals surface area contributed by atoms with Crippen molar-refractivity contribution in [2.45, 2.75) is 46.5 Å². The Morgan fingerprint density at radius 3 is 2.22 bits per heavy atom. The number of rotatable bonds is 8. The molecule has 0 aromatic carbocycles. The zero-order valence-electron chi connectivity index (χ0n) is 11.7. The first-order chi connectivity index (χ1) is 8.55. The average molecular weight is 258 g/mol. The van der Waals surface area contributed by atoms with E-state index in [1.54, 1.807) is 0 Å². The number of ether oxygens (including phenoxy) is 3. The Balaban J connectivity index is 2.83. The molecule has 0 saturated carbocycles. The summed E-state index contributed by atoms with van der Waals surface area (Å²) in [7, 11) is 0. The smallest absolute Gasteiger partial charge is 0.283 e. The van der Waals surface area contributed by atoms with Crippen molar-refractivity contribution in [1.29, 1.82) is 0 Å². The van der Waals surface area contributed by atoms with Gasteiger partial charge in [-0.1, -0.05) is 5.16 Å². The molecule has 1 heterocycles. The lowest BCUT2D eigenvalue weighted by molar-refractivity contribution is -0.155. The van der Waals surface area contributed by atoms with Gasteiger partial charge in [0, 0.05) is 19.8 Å². The number of aromatic nitrogens is 2. The van der Waals surface area contributed by atoms with E-state index in [0.29, 0.717) is 31.5 Å². The van der Waals surface area contributed by atoms with Crippen molar-refractivity contribution in [2.24, 2.45) is 0 Å². The third-order valence-corrected chi connectivity index (χ3v) is 2.32. The molecular weight excluding hydrogens is 236 g/mol.